The summed E-state index contributed by atoms with van der Waals surface area (Å²) in [6.07, 6.45) is 0.0351. The third kappa shape index (κ3) is 3.76. The van der Waals surface area contributed by atoms with Crippen molar-refractivity contribution in [2.24, 2.45) is 11.8 Å². The van der Waals surface area contributed by atoms with Gasteiger partial charge in [-0.25, -0.2) is 0 Å². The number of amides is 2. The van der Waals surface area contributed by atoms with E-state index in [0.29, 0.717) is 19.6 Å². The Balaban J connectivity index is 1.48. The molecule has 0 aromatic heterocycles. The summed E-state index contributed by atoms with van der Waals surface area (Å²) in [6.45, 7) is 1.71. The average molecular weight is 394 g/mol. The smallest absolute Gasteiger partial charge is 0.340 e. The van der Waals surface area contributed by atoms with Crippen molar-refractivity contribution in [3.05, 3.63) is 35.4 Å². The van der Waals surface area contributed by atoms with Gasteiger partial charge in [-0.15, -0.1) is 0 Å². The van der Waals surface area contributed by atoms with Gasteiger partial charge in [0.1, 0.15) is 0 Å². The van der Waals surface area contributed by atoms with E-state index in [4.69, 9.17) is 0 Å². The summed E-state index contributed by atoms with van der Waals surface area (Å²) < 4.78 is 39.7. The number of hydrogen-bond donors (Lipinski definition) is 0. The van der Waals surface area contributed by atoms with E-state index >= 15 is 0 Å². The lowest BCUT2D eigenvalue weighted by atomic mass is 9.84. The zero-order valence-electron chi connectivity index (χ0n) is 15.8. The van der Waals surface area contributed by atoms with Crippen molar-refractivity contribution in [2.45, 2.75) is 50.7 Å². The van der Waals surface area contributed by atoms with Crippen molar-refractivity contribution in [1.29, 1.82) is 0 Å². The van der Waals surface area contributed by atoms with E-state index in [9.17, 15) is 22.8 Å². The lowest BCUT2D eigenvalue weighted by Gasteiger charge is -2.36. The third-order valence-corrected chi connectivity index (χ3v) is 6.46. The Labute approximate surface area is 162 Å². The van der Waals surface area contributed by atoms with Crippen LogP contribution in [0.15, 0.2) is 24.3 Å². The number of piperidine rings is 1. The summed E-state index contributed by atoms with van der Waals surface area (Å²) in [5.74, 6) is 0.258. The van der Waals surface area contributed by atoms with Crippen molar-refractivity contribution in [3.63, 3.8) is 0 Å². The number of fused-ring (bicyclic) bond motifs is 4. The van der Waals surface area contributed by atoms with Crippen LogP contribution >= 0.6 is 0 Å². The Hall–Kier alpha value is -2.05. The zero-order chi connectivity index (χ0) is 19.9. The van der Waals surface area contributed by atoms with Crippen LogP contribution in [-0.2, 0) is 22.2 Å². The first-order valence-corrected chi connectivity index (χ1v) is 10.1. The topological polar surface area (TPSA) is 40.6 Å². The molecule has 3 saturated heterocycles. The maximum absolute atomic E-state index is 13.2. The average Bonchev–Trinajstić information content (AvgIpc) is 2.92. The van der Waals surface area contributed by atoms with E-state index in [1.54, 1.807) is 4.90 Å². The summed E-state index contributed by atoms with van der Waals surface area (Å²) in [7, 11) is 0. The maximum Gasteiger partial charge on any atom is 0.416 e. The molecule has 4 aliphatic rings. The molecule has 28 heavy (non-hydrogen) atoms. The van der Waals surface area contributed by atoms with Crippen molar-refractivity contribution >= 4 is 11.8 Å². The minimum Gasteiger partial charge on any atom is -0.340 e. The van der Waals surface area contributed by atoms with Gasteiger partial charge in [-0.2, -0.15) is 13.2 Å². The highest BCUT2D eigenvalue weighted by Gasteiger charge is 2.41. The van der Waals surface area contributed by atoms with Crippen LogP contribution in [-0.4, -0.2) is 47.3 Å². The summed E-state index contributed by atoms with van der Waals surface area (Å²) >= 11 is 0. The normalized spacial score (nSPS) is 25.4. The molecule has 3 aliphatic heterocycles. The van der Waals surface area contributed by atoms with E-state index in [0.717, 1.165) is 38.2 Å². The van der Waals surface area contributed by atoms with Crippen molar-refractivity contribution < 1.29 is 22.8 Å². The first kappa shape index (κ1) is 19.3. The van der Waals surface area contributed by atoms with Gasteiger partial charge >= 0.3 is 6.18 Å². The number of benzene rings is 1. The number of nitrogens with zero attached hydrogens (tertiary/aromatic N) is 2. The van der Waals surface area contributed by atoms with E-state index in [1.165, 1.54) is 18.2 Å². The monoisotopic (exact) mass is 394 g/mol. The number of rotatable bonds is 3. The van der Waals surface area contributed by atoms with Crippen LogP contribution in [0.3, 0.4) is 0 Å². The van der Waals surface area contributed by atoms with Crippen LogP contribution in [0, 0.1) is 11.8 Å². The molecular weight excluding hydrogens is 369 g/mol. The molecule has 1 aromatic rings. The summed E-state index contributed by atoms with van der Waals surface area (Å²) in [5, 5.41) is 0. The first-order chi connectivity index (χ1) is 13.3. The molecule has 4 nitrogen and oxygen atoms in total. The van der Waals surface area contributed by atoms with Crippen LogP contribution in [0.1, 0.15) is 43.2 Å². The van der Waals surface area contributed by atoms with E-state index in [-0.39, 0.29) is 41.7 Å². The Morgan fingerprint density at radius 3 is 2.43 bits per heavy atom. The second-order valence-electron chi connectivity index (χ2n) is 8.35. The Morgan fingerprint density at radius 2 is 1.75 bits per heavy atom. The van der Waals surface area contributed by atoms with Crippen LogP contribution in [0.25, 0.3) is 0 Å². The Bertz CT molecular complexity index is 760. The van der Waals surface area contributed by atoms with Crippen LogP contribution < -0.4 is 0 Å². The highest BCUT2D eigenvalue weighted by atomic mass is 19.4. The Kier molecular flexibility index (Phi) is 5.10. The molecule has 0 unspecified atom stereocenters. The van der Waals surface area contributed by atoms with Crippen LogP contribution in [0.5, 0.6) is 0 Å². The van der Waals surface area contributed by atoms with Crippen LogP contribution in [0.2, 0.25) is 0 Å². The van der Waals surface area contributed by atoms with E-state index in [1.807, 2.05) is 4.90 Å². The van der Waals surface area contributed by atoms with Gasteiger partial charge in [0.15, 0.2) is 0 Å². The second kappa shape index (κ2) is 7.41. The quantitative estimate of drug-likeness (QED) is 0.787. The molecular formula is C21H25F3N2O2. The van der Waals surface area contributed by atoms with Gasteiger partial charge in [-0.05, 0) is 43.2 Å². The van der Waals surface area contributed by atoms with Crippen molar-refractivity contribution in [2.75, 3.05) is 19.6 Å². The predicted octanol–water partition coefficient (Wildman–Crippen LogP) is 3.50. The molecule has 152 valence electrons. The first-order valence-electron chi connectivity index (χ1n) is 10.1. The molecule has 1 saturated carbocycles. The van der Waals surface area contributed by atoms with Gasteiger partial charge in [0.25, 0.3) is 0 Å². The highest BCUT2D eigenvalue weighted by Crippen LogP contribution is 2.35. The molecule has 0 radical (unpaired) electrons. The van der Waals surface area contributed by atoms with E-state index in [2.05, 4.69) is 0 Å². The maximum atomic E-state index is 13.2. The molecule has 2 amide bonds. The molecule has 0 N–H and O–H groups in total. The molecule has 7 heteroatoms. The molecule has 2 bridgehead atoms. The minimum atomic E-state index is -4.47. The van der Waals surface area contributed by atoms with E-state index < -0.39 is 11.7 Å². The standard InChI is InChI=1S/C21H25F3N2O2/c22-21(23,24)18-7-2-1-4-16(18)10-19(27)26-12-14-8-9-17(26)13-25(11-14)20(28)15-5-3-6-15/h1-2,4,7,14-15,17H,3,5-6,8-13H2/t14-,17+/m1/s1. The fraction of sp³-hybridized carbons (Fsp3) is 0.619. The molecule has 1 aliphatic carbocycles. The number of carbonyl (C=O) groups is 2. The number of alkyl halides is 3. The van der Waals surface area contributed by atoms with Crippen LogP contribution in [0.4, 0.5) is 13.2 Å². The molecule has 4 fully saturated rings. The number of carbonyl (C=O) groups excluding carboxylic acids is 2. The SMILES string of the molecule is O=C(C1CCC1)N1C[C@H]2CC[C@@H](C1)N(C(=O)Cc1ccccc1C(F)(F)F)C2. The predicted molar refractivity (Wildman–Crippen MR) is 97.3 cm³/mol. The molecule has 3 heterocycles. The van der Waals surface area contributed by atoms with Gasteiger partial charge in [0.2, 0.25) is 11.8 Å². The fourth-order valence-corrected chi connectivity index (χ4v) is 4.70. The third-order valence-electron chi connectivity index (χ3n) is 6.46. The second-order valence-corrected chi connectivity index (χ2v) is 8.35. The van der Waals surface area contributed by atoms with Gasteiger partial charge < -0.3 is 9.80 Å². The molecule has 0 spiro atoms. The lowest BCUT2D eigenvalue weighted by molar-refractivity contribution is -0.141. The largest absolute Gasteiger partial charge is 0.416 e. The summed E-state index contributed by atoms with van der Waals surface area (Å²) in [5.41, 5.74) is -0.729. The number of halogens is 3. The molecule has 5 rings (SSSR count). The van der Waals surface area contributed by atoms with Gasteiger partial charge in [0, 0.05) is 31.6 Å². The summed E-state index contributed by atoms with van der Waals surface area (Å²) in [6, 6.07) is 5.19. The van der Waals surface area contributed by atoms with Gasteiger partial charge in [0.05, 0.1) is 12.0 Å². The summed E-state index contributed by atoms with van der Waals surface area (Å²) in [4.78, 5) is 29.2. The van der Waals surface area contributed by atoms with Gasteiger partial charge in [-0.3, -0.25) is 9.59 Å². The molecule has 2 atom stereocenters. The minimum absolute atomic E-state index is 0.0162. The van der Waals surface area contributed by atoms with Crippen molar-refractivity contribution in [3.8, 4) is 0 Å². The highest BCUT2D eigenvalue weighted by molar-refractivity contribution is 5.81. The lowest BCUT2D eigenvalue weighted by Crippen LogP contribution is -2.49. The number of hydrogen-bond acceptors (Lipinski definition) is 2. The Morgan fingerprint density at radius 1 is 1.00 bits per heavy atom. The van der Waals surface area contributed by atoms with Gasteiger partial charge in [-0.1, -0.05) is 24.6 Å². The fourth-order valence-electron chi connectivity index (χ4n) is 4.70. The zero-order valence-corrected chi connectivity index (χ0v) is 15.8. The van der Waals surface area contributed by atoms with Crippen molar-refractivity contribution in [1.82, 2.24) is 9.80 Å². The molecule has 1 aromatic carbocycles.